The molecule has 1 aromatic rings. The Morgan fingerprint density at radius 3 is 2.14 bits per heavy atom. The smallest absolute Gasteiger partial charge is 0.276 e. The second kappa shape index (κ2) is 4.69. The van der Waals surface area contributed by atoms with Crippen LogP contribution in [0.25, 0.3) is 0 Å². The molecule has 4 amide bonds. The molecule has 1 aliphatic carbocycles. The van der Waals surface area contributed by atoms with E-state index in [2.05, 4.69) is 5.32 Å². The molecule has 2 aliphatic rings. The molecular formula is C16H18N2O3. The lowest BCUT2D eigenvalue weighted by Gasteiger charge is -2.36. The summed E-state index contributed by atoms with van der Waals surface area (Å²) in [6.45, 7) is 3.83. The van der Waals surface area contributed by atoms with Gasteiger partial charge in [-0.2, -0.15) is 0 Å². The Hall–Kier alpha value is -2.17. The summed E-state index contributed by atoms with van der Waals surface area (Å²) in [5.41, 5.74) is 1.44. The van der Waals surface area contributed by atoms with Crippen molar-refractivity contribution in [3.05, 3.63) is 29.3 Å². The van der Waals surface area contributed by atoms with Gasteiger partial charge >= 0.3 is 6.03 Å². The fraction of sp³-hybridized carbons (Fsp3) is 0.438. The number of urea groups is 1. The molecule has 2 fully saturated rings. The average Bonchev–Trinajstić information content (AvgIpc) is 2.86. The molecule has 110 valence electrons. The van der Waals surface area contributed by atoms with Crippen LogP contribution >= 0.6 is 0 Å². The van der Waals surface area contributed by atoms with E-state index < -0.39 is 17.4 Å². The van der Waals surface area contributed by atoms with Crippen LogP contribution in [-0.2, 0) is 9.59 Å². The van der Waals surface area contributed by atoms with Gasteiger partial charge in [0.1, 0.15) is 5.41 Å². The summed E-state index contributed by atoms with van der Waals surface area (Å²) < 4.78 is 0. The van der Waals surface area contributed by atoms with Gasteiger partial charge in [0.15, 0.2) is 0 Å². The molecule has 0 bridgehead atoms. The second-order valence-electron chi connectivity index (χ2n) is 6.03. The largest absolute Gasteiger partial charge is 0.335 e. The Morgan fingerprint density at radius 2 is 1.57 bits per heavy atom. The minimum absolute atomic E-state index is 0.376. The van der Waals surface area contributed by atoms with Gasteiger partial charge in [-0.3, -0.25) is 14.9 Å². The maximum Gasteiger partial charge on any atom is 0.335 e. The zero-order valence-corrected chi connectivity index (χ0v) is 12.2. The summed E-state index contributed by atoms with van der Waals surface area (Å²) in [6.07, 6.45) is 2.72. The lowest BCUT2D eigenvalue weighted by Crippen LogP contribution is -2.63. The topological polar surface area (TPSA) is 66.5 Å². The number of hydrogen-bond acceptors (Lipinski definition) is 3. The molecule has 0 radical (unpaired) electrons. The molecule has 1 N–H and O–H groups in total. The molecule has 3 rings (SSSR count). The first-order valence-electron chi connectivity index (χ1n) is 7.22. The highest BCUT2D eigenvalue weighted by molar-refractivity contribution is 6.30. The number of carbonyl (C=O) groups excluding carboxylic acids is 3. The summed E-state index contributed by atoms with van der Waals surface area (Å²) in [6, 6.07) is 4.92. The third-order valence-corrected chi connectivity index (χ3v) is 4.39. The van der Waals surface area contributed by atoms with E-state index in [1.54, 1.807) is 12.1 Å². The molecule has 1 spiro atoms. The summed E-state index contributed by atoms with van der Waals surface area (Å²) in [5.74, 6) is -0.811. The van der Waals surface area contributed by atoms with Crippen LogP contribution in [0.4, 0.5) is 10.5 Å². The van der Waals surface area contributed by atoms with E-state index in [-0.39, 0.29) is 5.91 Å². The Labute approximate surface area is 123 Å². The number of hydrogen-bond donors (Lipinski definition) is 1. The number of nitrogens with zero attached hydrogens (tertiary/aromatic N) is 1. The van der Waals surface area contributed by atoms with Gasteiger partial charge in [0.2, 0.25) is 5.91 Å². The van der Waals surface area contributed by atoms with Crippen molar-refractivity contribution >= 4 is 23.5 Å². The van der Waals surface area contributed by atoms with Gasteiger partial charge in [-0.05, 0) is 49.9 Å². The van der Waals surface area contributed by atoms with Crippen molar-refractivity contribution in [2.45, 2.75) is 39.5 Å². The lowest BCUT2D eigenvalue weighted by molar-refractivity contribution is -0.142. The van der Waals surface area contributed by atoms with E-state index in [9.17, 15) is 14.4 Å². The van der Waals surface area contributed by atoms with Crippen LogP contribution in [0.15, 0.2) is 18.2 Å². The average molecular weight is 286 g/mol. The number of amides is 4. The predicted octanol–water partition coefficient (Wildman–Crippen LogP) is 2.45. The normalized spacial score (nSPS) is 21.0. The van der Waals surface area contributed by atoms with Crippen LogP contribution in [-0.4, -0.2) is 17.8 Å². The Balaban J connectivity index is 2.06. The van der Waals surface area contributed by atoms with E-state index >= 15 is 0 Å². The number of anilines is 1. The highest BCUT2D eigenvalue weighted by Gasteiger charge is 2.55. The first kappa shape index (κ1) is 13.8. The fourth-order valence-electron chi connectivity index (χ4n) is 3.41. The molecule has 0 atom stereocenters. The standard InChI is InChI=1S/C16H18N2O3/c1-10-7-11(2)9-12(8-10)18-14(20)16(5-3-4-6-16)13(19)17-15(18)21/h7-9H,3-6H2,1-2H3,(H,17,19,21). The molecule has 1 saturated carbocycles. The number of carbonyl (C=O) groups is 3. The number of aryl methyl sites for hydroxylation is 2. The van der Waals surface area contributed by atoms with Gasteiger partial charge in [-0.15, -0.1) is 0 Å². The Bertz CT molecular complexity index is 625. The van der Waals surface area contributed by atoms with Crippen LogP contribution in [0, 0.1) is 19.3 Å². The van der Waals surface area contributed by atoms with Crippen LogP contribution < -0.4 is 10.2 Å². The number of nitrogens with one attached hydrogen (secondary N) is 1. The lowest BCUT2D eigenvalue weighted by atomic mass is 9.82. The van der Waals surface area contributed by atoms with Crippen molar-refractivity contribution in [3.8, 4) is 0 Å². The van der Waals surface area contributed by atoms with Crippen molar-refractivity contribution in [1.29, 1.82) is 0 Å². The van der Waals surface area contributed by atoms with Gasteiger partial charge < -0.3 is 0 Å². The number of barbiturate groups is 1. The minimum atomic E-state index is -1.05. The third-order valence-electron chi connectivity index (χ3n) is 4.39. The first-order chi connectivity index (χ1) is 9.94. The van der Waals surface area contributed by atoms with Crippen molar-refractivity contribution in [2.24, 2.45) is 5.41 Å². The molecule has 0 aromatic heterocycles. The zero-order valence-electron chi connectivity index (χ0n) is 12.2. The van der Waals surface area contributed by atoms with Crippen LogP contribution in [0.1, 0.15) is 36.8 Å². The summed E-state index contributed by atoms with van der Waals surface area (Å²) in [7, 11) is 0. The van der Waals surface area contributed by atoms with E-state index in [0.29, 0.717) is 18.5 Å². The van der Waals surface area contributed by atoms with Gasteiger partial charge in [-0.25, -0.2) is 9.69 Å². The monoisotopic (exact) mass is 286 g/mol. The molecule has 1 aliphatic heterocycles. The van der Waals surface area contributed by atoms with Crippen molar-refractivity contribution in [1.82, 2.24) is 5.32 Å². The minimum Gasteiger partial charge on any atom is -0.276 e. The van der Waals surface area contributed by atoms with Crippen LogP contribution in [0.2, 0.25) is 0 Å². The summed E-state index contributed by atoms with van der Waals surface area (Å²) in [5, 5.41) is 2.36. The molecule has 1 heterocycles. The quantitative estimate of drug-likeness (QED) is 0.806. The highest BCUT2D eigenvalue weighted by Crippen LogP contribution is 2.42. The van der Waals surface area contributed by atoms with Gasteiger partial charge in [0, 0.05) is 0 Å². The molecule has 5 heteroatoms. The third kappa shape index (κ3) is 2.04. The van der Waals surface area contributed by atoms with Crippen molar-refractivity contribution in [3.63, 3.8) is 0 Å². The number of benzene rings is 1. The van der Waals surface area contributed by atoms with Crippen LogP contribution in [0.3, 0.4) is 0 Å². The molecule has 1 aromatic carbocycles. The maximum atomic E-state index is 12.8. The molecule has 21 heavy (non-hydrogen) atoms. The van der Waals surface area contributed by atoms with E-state index in [1.807, 2.05) is 19.9 Å². The Kier molecular flexibility index (Phi) is 3.08. The first-order valence-corrected chi connectivity index (χ1v) is 7.22. The molecular weight excluding hydrogens is 268 g/mol. The second-order valence-corrected chi connectivity index (χ2v) is 6.03. The summed E-state index contributed by atoms with van der Waals surface area (Å²) in [4.78, 5) is 38.3. The van der Waals surface area contributed by atoms with Gasteiger partial charge in [0.05, 0.1) is 5.69 Å². The zero-order chi connectivity index (χ0) is 15.2. The molecule has 0 unspecified atom stereocenters. The van der Waals surface area contributed by atoms with Crippen molar-refractivity contribution in [2.75, 3.05) is 4.90 Å². The molecule has 1 saturated heterocycles. The van der Waals surface area contributed by atoms with Gasteiger partial charge in [0.25, 0.3) is 5.91 Å². The van der Waals surface area contributed by atoms with E-state index in [0.717, 1.165) is 28.9 Å². The SMILES string of the molecule is Cc1cc(C)cc(N2C(=O)NC(=O)C3(CCCC3)C2=O)c1. The highest BCUT2D eigenvalue weighted by atomic mass is 16.2. The van der Waals surface area contributed by atoms with Crippen molar-refractivity contribution < 1.29 is 14.4 Å². The Morgan fingerprint density at radius 1 is 1.00 bits per heavy atom. The van der Waals surface area contributed by atoms with Gasteiger partial charge in [-0.1, -0.05) is 18.9 Å². The predicted molar refractivity (Wildman–Crippen MR) is 77.8 cm³/mol. The number of imide groups is 2. The fourth-order valence-corrected chi connectivity index (χ4v) is 3.41. The summed E-state index contributed by atoms with van der Waals surface area (Å²) >= 11 is 0. The van der Waals surface area contributed by atoms with E-state index in [1.165, 1.54) is 0 Å². The maximum absolute atomic E-state index is 12.8. The number of rotatable bonds is 1. The molecule has 5 nitrogen and oxygen atoms in total. The van der Waals surface area contributed by atoms with E-state index in [4.69, 9.17) is 0 Å². The van der Waals surface area contributed by atoms with Crippen LogP contribution in [0.5, 0.6) is 0 Å².